The van der Waals surface area contributed by atoms with Crippen LogP contribution in [0.2, 0.25) is 0 Å². The van der Waals surface area contributed by atoms with Gasteiger partial charge in [-0.15, -0.1) is 0 Å². The highest BCUT2D eigenvalue weighted by molar-refractivity contribution is 5.97. The fraction of sp³-hybridized carbons (Fsp3) is 0.348. The highest BCUT2D eigenvalue weighted by Crippen LogP contribution is 2.30. The molecule has 2 N–H and O–H groups in total. The Morgan fingerprint density at radius 3 is 2.50 bits per heavy atom. The van der Waals surface area contributed by atoms with Gasteiger partial charge in [-0.3, -0.25) is 14.3 Å². The fourth-order valence-electron chi connectivity index (χ4n) is 4.28. The van der Waals surface area contributed by atoms with Crippen molar-refractivity contribution >= 4 is 22.8 Å². The first-order chi connectivity index (χ1) is 14.4. The van der Waals surface area contributed by atoms with E-state index < -0.39 is 5.97 Å². The first kappa shape index (κ1) is 20.1. The van der Waals surface area contributed by atoms with Crippen molar-refractivity contribution in [3.63, 3.8) is 0 Å². The maximum atomic E-state index is 14.4. The van der Waals surface area contributed by atoms with Crippen molar-refractivity contribution in [3.8, 4) is 11.3 Å². The van der Waals surface area contributed by atoms with Crippen LogP contribution < -0.4 is 5.32 Å². The van der Waals surface area contributed by atoms with E-state index in [4.69, 9.17) is 5.11 Å². The number of carbonyl (C=O) groups excluding carboxylic acids is 1. The monoisotopic (exact) mass is 409 g/mol. The number of nitrogens with one attached hydrogen (secondary N) is 1. The van der Waals surface area contributed by atoms with Crippen molar-refractivity contribution in [1.29, 1.82) is 0 Å². The molecule has 0 radical (unpaired) electrons. The Morgan fingerprint density at radius 1 is 1.13 bits per heavy atom. The van der Waals surface area contributed by atoms with Crippen LogP contribution in [-0.2, 0) is 11.8 Å². The molecule has 1 aromatic heterocycles. The zero-order valence-electron chi connectivity index (χ0n) is 16.8. The molecule has 1 fully saturated rings. The topological polar surface area (TPSA) is 84.2 Å². The summed E-state index contributed by atoms with van der Waals surface area (Å²) < 4.78 is 16.0. The molecule has 7 heteroatoms. The van der Waals surface area contributed by atoms with E-state index in [2.05, 4.69) is 10.4 Å². The number of nitrogens with zero attached hydrogens (tertiary/aromatic N) is 2. The zero-order valence-corrected chi connectivity index (χ0v) is 16.8. The van der Waals surface area contributed by atoms with Crippen LogP contribution in [0.15, 0.2) is 42.5 Å². The molecule has 4 rings (SSSR count). The molecule has 6 nitrogen and oxygen atoms in total. The minimum absolute atomic E-state index is 0.0658. The summed E-state index contributed by atoms with van der Waals surface area (Å²) in [5, 5.41) is 16.9. The van der Waals surface area contributed by atoms with Gasteiger partial charge < -0.3 is 10.4 Å². The number of aliphatic carboxylic acids is 1. The second-order valence-corrected chi connectivity index (χ2v) is 7.97. The lowest BCUT2D eigenvalue weighted by molar-refractivity contribution is -0.138. The molecule has 0 saturated heterocycles. The Kier molecular flexibility index (Phi) is 5.53. The molecule has 1 amide bonds. The van der Waals surface area contributed by atoms with Crippen LogP contribution in [0.25, 0.3) is 22.2 Å². The van der Waals surface area contributed by atoms with Gasteiger partial charge in [-0.05, 0) is 55.9 Å². The summed E-state index contributed by atoms with van der Waals surface area (Å²) in [7, 11) is 1.78. The number of hydrogen-bond acceptors (Lipinski definition) is 3. The number of rotatable bonds is 5. The van der Waals surface area contributed by atoms with Crippen LogP contribution >= 0.6 is 0 Å². The molecule has 0 unspecified atom stereocenters. The number of amides is 1. The number of benzene rings is 2. The molecule has 1 heterocycles. The van der Waals surface area contributed by atoms with Crippen LogP contribution in [0.4, 0.5) is 4.39 Å². The molecule has 2 aromatic carbocycles. The third-order valence-corrected chi connectivity index (χ3v) is 5.89. The molecule has 0 aliphatic heterocycles. The molecular formula is C23H24FN3O3. The molecule has 1 aliphatic carbocycles. The van der Waals surface area contributed by atoms with Gasteiger partial charge in [0.2, 0.25) is 0 Å². The van der Waals surface area contributed by atoms with Crippen LogP contribution in [0.3, 0.4) is 0 Å². The number of fused-ring (bicyclic) bond motifs is 1. The summed E-state index contributed by atoms with van der Waals surface area (Å²) in [5.74, 6) is -1.04. The van der Waals surface area contributed by atoms with Gasteiger partial charge in [0.15, 0.2) is 0 Å². The highest BCUT2D eigenvalue weighted by Gasteiger charge is 2.24. The first-order valence-electron chi connectivity index (χ1n) is 10.2. The number of hydrogen-bond donors (Lipinski definition) is 2. The lowest BCUT2D eigenvalue weighted by atomic mass is 9.84. The molecule has 156 valence electrons. The van der Waals surface area contributed by atoms with Crippen molar-refractivity contribution < 1.29 is 19.1 Å². The summed E-state index contributed by atoms with van der Waals surface area (Å²) in [4.78, 5) is 23.4. The minimum atomic E-state index is -0.761. The molecular weight excluding hydrogens is 385 g/mol. The number of carboxylic acid groups (broad SMARTS) is 1. The summed E-state index contributed by atoms with van der Waals surface area (Å²) in [6.45, 7) is 0. The van der Waals surface area contributed by atoms with Crippen LogP contribution in [0, 0.1) is 11.7 Å². The highest BCUT2D eigenvalue weighted by atomic mass is 19.1. The summed E-state index contributed by atoms with van der Waals surface area (Å²) in [6, 6.07) is 12.0. The molecule has 0 spiro atoms. The summed E-state index contributed by atoms with van der Waals surface area (Å²) >= 11 is 0. The third-order valence-electron chi connectivity index (χ3n) is 5.89. The quantitative estimate of drug-likeness (QED) is 0.663. The number of halogens is 1. The van der Waals surface area contributed by atoms with Gasteiger partial charge in [-0.1, -0.05) is 18.2 Å². The molecule has 3 aromatic rings. The Labute approximate surface area is 173 Å². The van der Waals surface area contributed by atoms with Gasteiger partial charge >= 0.3 is 5.97 Å². The summed E-state index contributed by atoms with van der Waals surface area (Å²) in [5.41, 5.74) is 2.54. The molecule has 0 atom stereocenters. The SMILES string of the molecule is Cn1nc(-c2ccc(C(=O)NC3CCC(CC(=O)O)CC3)cc2)c2c(F)cccc21. The van der Waals surface area contributed by atoms with E-state index >= 15 is 0 Å². The maximum absolute atomic E-state index is 14.4. The van der Waals surface area contributed by atoms with Crippen LogP contribution in [-0.4, -0.2) is 32.8 Å². The largest absolute Gasteiger partial charge is 0.481 e. The molecule has 1 saturated carbocycles. The van der Waals surface area contributed by atoms with Gasteiger partial charge in [-0.25, -0.2) is 4.39 Å². The standard InChI is InChI=1S/C23H24FN3O3/c1-27-19-4-2-3-18(24)21(19)22(26-27)15-7-9-16(10-8-15)23(30)25-17-11-5-14(6-12-17)13-20(28)29/h2-4,7-10,14,17H,5-6,11-13H2,1H3,(H,25,30)(H,28,29). The fourth-order valence-corrected chi connectivity index (χ4v) is 4.28. The predicted octanol–water partition coefficient (Wildman–Crippen LogP) is 4.14. The van der Waals surface area contributed by atoms with Crippen LogP contribution in [0.5, 0.6) is 0 Å². The van der Waals surface area contributed by atoms with Crippen molar-refractivity contribution in [3.05, 3.63) is 53.8 Å². The lowest BCUT2D eigenvalue weighted by Crippen LogP contribution is -2.37. The Morgan fingerprint density at radius 2 is 1.83 bits per heavy atom. The van der Waals surface area contributed by atoms with Gasteiger partial charge in [-0.2, -0.15) is 5.10 Å². The van der Waals surface area contributed by atoms with Crippen molar-refractivity contribution in [2.75, 3.05) is 0 Å². The molecule has 30 heavy (non-hydrogen) atoms. The number of carbonyl (C=O) groups is 2. The number of carboxylic acids is 1. The van der Waals surface area contributed by atoms with Crippen molar-refractivity contribution in [2.24, 2.45) is 13.0 Å². The average molecular weight is 409 g/mol. The Balaban J connectivity index is 1.44. The van der Waals surface area contributed by atoms with E-state index in [0.717, 1.165) is 31.2 Å². The second-order valence-electron chi connectivity index (χ2n) is 7.97. The lowest BCUT2D eigenvalue weighted by Gasteiger charge is -2.28. The second kappa shape index (κ2) is 8.26. The third kappa shape index (κ3) is 4.06. The van der Waals surface area contributed by atoms with Gasteiger partial charge in [0.25, 0.3) is 5.91 Å². The van der Waals surface area contributed by atoms with E-state index in [1.54, 1.807) is 42.1 Å². The number of aromatic nitrogens is 2. The Bertz CT molecular complexity index is 1080. The molecule has 0 bridgehead atoms. The van der Waals surface area contributed by atoms with Crippen molar-refractivity contribution in [1.82, 2.24) is 15.1 Å². The minimum Gasteiger partial charge on any atom is -0.481 e. The average Bonchev–Trinajstić information content (AvgIpc) is 3.07. The first-order valence-corrected chi connectivity index (χ1v) is 10.2. The Hall–Kier alpha value is -3.22. The zero-order chi connectivity index (χ0) is 21.3. The van der Waals surface area contributed by atoms with Gasteiger partial charge in [0.05, 0.1) is 10.9 Å². The maximum Gasteiger partial charge on any atom is 0.303 e. The number of aryl methyl sites for hydroxylation is 1. The smallest absolute Gasteiger partial charge is 0.303 e. The van der Waals surface area contributed by atoms with E-state index in [-0.39, 0.29) is 30.1 Å². The molecule has 1 aliphatic rings. The summed E-state index contributed by atoms with van der Waals surface area (Å²) in [6.07, 6.45) is 3.41. The normalized spacial score (nSPS) is 19.0. The predicted molar refractivity (Wildman–Crippen MR) is 112 cm³/mol. The van der Waals surface area contributed by atoms with Crippen LogP contribution in [0.1, 0.15) is 42.5 Å². The van der Waals surface area contributed by atoms with E-state index in [1.807, 2.05) is 6.07 Å². The van der Waals surface area contributed by atoms with Gasteiger partial charge in [0.1, 0.15) is 11.5 Å². The van der Waals surface area contributed by atoms with Crippen molar-refractivity contribution in [2.45, 2.75) is 38.1 Å². The van der Waals surface area contributed by atoms with E-state index in [9.17, 15) is 14.0 Å². The van der Waals surface area contributed by atoms with E-state index in [0.29, 0.717) is 22.2 Å². The van der Waals surface area contributed by atoms with Gasteiger partial charge in [0, 0.05) is 30.6 Å². The van der Waals surface area contributed by atoms with E-state index in [1.165, 1.54) is 6.07 Å².